The number of carbonyl (C=O) groups excluding carboxylic acids is 1. The molecule has 0 saturated heterocycles. The quantitative estimate of drug-likeness (QED) is 0.728. The summed E-state index contributed by atoms with van der Waals surface area (Å²) in [5.41, 5.74) is 0.904. The first-order valence-electron chi connectivity index (χ1n) is 5.41. The van der Waals surface area contributed by atoms with Crippen molar-refractivity contribution in [2.24, 2.45) is 0 Å². The topological polar surface area (TPSA) is 20.3 Å². The Bertz CT molecular complexity index is 594. The maximum Gasteiger partial charge on any atom is 0.265 e. The molecule has 6 heteroatoms. The lowest BCUT2D eigenvalue weighted by molar-refractivity contribution is 0.0789. The van der Waals surface area contributed by atoms with E-state index < -0.39 is 0 Å². The van der Waals surface area contributed by atoms with Gasteiger partial charge in [-0.05, 0) is 51.1 Å². The molecule has 0 spiro atoms. The first-order chi connectivity index (χ1) is 8.97. The molecule has 100 valence electrons. The molecule has 0 saturated carbocycles. The van der Waals surface area contributed by atoms with Crippen LogP contribution in [0.3, 0.4) is 0 Å². The van der Waals surface area contributed by atoms with E-state index in [0.717, 1.165) is 10.0 Å². The molecular weight excluding hydrogens is 369 g/mol. The highest BCUT2D eigenvalue weighted by molar-refractivity contribution is 9.10. The van der Waals surface area contributed by atoms with Crippen LogP contribution in [-0.2, 0) is 6.54 Å². The van der Waals surface area contributed by atoms with Gasteiger partial charge in [0.2, 0.25) is 0 Å². The number of benzene rings is 1. The van der Waals surface area contributed by atoms with E-state index in [-0.39, 0.29) is 5.91 Å². The number of nitrogens with zero attached hydrogens (tertiary/aromatic N) is 1. The smallest absolute Gasteiger partial charge is 0.265 e. The molecule has 0 aliphatic heterocycles. The average molecular weight is 379 g/mol. The first-order valence-corrected chi connectivity index (χ1v) is 7.83. The summed E-state index contributed by atoms with van der Waals surface area (Å²) in [7, 11) is 1.75. The third-order valence-corrected chi connectivity index (χ3v) is 4.76. The highest BCUT2D eigenvalue weighted by Crippen LogP contribution is 2.25. The number of thiophene rings is 1. The van der Waals surface area contributed by atoms with E-state index in [4.69, 9.17) is 23.2 Å². The van der Waals surface area contributed by atoms with Crippen molar-refractivity contribution in [1.29, 1.82) is 0 Å². The summed E-state index contributed by atoms with van der Waals surface area (Å²) in [6.45, 7) is 0.462. The highest BCUT2D eigenvalue weighted by atomic mass is 79.9. The van der Waals surface area contributed by atoms with Crippen molar-refractivity contribution in [3.05, 3.63) is 54.6 Å². The lowest BCUT2D eigenvalue weighted by atomic mass is 10.2. The van der Waals surface area contributed by atoms with Gasteiger partial charge in [0, 0.05) is 28.1 Å². The molecule has 1 amide bonds. The SMILES string of the molecule is CN(Cc1cc(Cl)cc(Cl)c1)C(=O)c1sccc1Br. The maximum atomic E-state index is 12.2. The van der Waals surface area contributed by atoms with Gasteiger partial charge in [-0.15, -0.1) is 11.3 Å². The van der Waals surface area contributed by atoms with E-state index >= 15 is 0 Å². The van der Waals surface area contributed by atoms with Crippen LogP contribution < -0.4 is 0 Å². The summed E-state index contributed by atoms with van der Waals surface area (Å²) < 4.78 is 0.818. The second-order valence-electron chi connectivity index (χ2n) is 4.04. The molecule has 1 aromatic carbocycles. The Kier molecular flexibility index (Phi) is 4.90. The second-order valence-corrected chi connectivity index (χ2v) is 6.68. The van der Waals surface area contributed by atoms with E-state index in [2.05, 4.69) is 15.9 Å². The van der Waals surface area contributed by atoms with Gasteiger partial charge in [-0.3, -0.25) is 4.79 Å². The Morgan fingerprint density at radius 3 is 2.47 bits per heavy atom. The lowest BCUT2D eigenvalue weighted by Crippen LogP contribution is -2.25. The third kappa shape index (κ3) is 3.72. The number of halogens is 3. The minimum absolute atomic E-state index is 0.0297. The van der Waals surface area contributed by atoms with E-state index in [1.54, 1.807) is 30.1 Å². The Labute approximate surface area is 134 Å². The fourth-order valence-electron chi connectivity index (χ4n) is 1.67. The minimum atomic E-state index is -0.0297. The molecule has 0 radical (unpaired) electrons. The molecule has 0 aliphatic carbocycles. The van der Waals surface area contributed by atoms with Crippen LogP contribution in [0.2, 0.25) is 10.0 Å². The van der Waals surface area contributed by atoms with Crippen LogP contribution in [0.4, 0.5) is 0 Å². The second kappa shape index (κ2) is 6.27. The summed E-state index contributed by atoms with van der Waals surface area (Å²) >= 11 is 16.7. The van der Waals surface area contributed by atoms with E-state index in [0.29, 0.717) is 21.5 Å². The Morgan fingerprint density at radius 2 is 1.95 bits per heavy atom. The van der Waals surface area contributed by atoms with Gasteiger partial charge in [0.05, 0.1) is 0 Å². The average Bonchev–Trinajstić information content (AvgIpc) is 2.73. The summed E-state index contributed by atoms with van der Waals surface area (Å²) in [4.78, 5) is 14.6. The first kappa shape index (κ1) is 14.9. The monoisotopic (exact) mass is 377 g/mol. The summed E-state index contributed by atoms with van der Waals surface area (Å²) in [6.07, 6.45) is 0. The van der Waals surface area contributed by atoms with Crippen LogP contribution in [-0.4, -0.2) is 17.9 Å². The van der Waals surface area contributed by atoms with Crippen LogP contribution in [0.1, 0.15) is 15.2 Å². The molecule has 2 nitrogen and oxygen atoms in total. The van der Waals surface area contributed by atoms with E-state index in [1.807, 2.05) is 11.4 Å². The highest BCUT2D eigenvalue weighted by Gasteiger charge is 2.16. The molecule has 0 aliphatic rings. The van der Waals surface area contributed by atoms with Gasteiger partial charge in [0.15, 0.2) is 0 Å². The fourth-order valence-corrected chi connectivity index (χ4v) is 3.77. The molecule has 0 N–H and O–H groups in total. The minimum Gasteiger partial charge on any atom is -0.337 e. The summed E-state index contributed by atoms with van der Waals surface area (Å²) in [5.74, 6) is -0.0297. The molecular formula is C13H10BrCl2NOS. The Morgan fingerprint density at radius 1 is 1.32 bits per heavy atom. The van der Waals surface area contributed by atoms with Crippen LogP contribution in [0.25, 0.3) is 0 Å². The molecule has 19 heavy (non-hydrogen) atoms. The van der Waals surface area contributed by atoms with Crippen molar-refractivity contribution in [3.8, 4) is 0 Å². The number of rotatable bonds is 3. The molecule has 2 rings (SSSR count). The Balaban J connectivity index is 2.15. The van der Waals surface area contributed by atoms with Crippen LogP contribution >= 0.6 is 50.5 Å². The molecule has 2 aromatic rings. The van der Waals surface area contributed by atoms with Crippen LogP contribution in [0.5, 0.6) is 0 Å². The Hall–Kier alpha value is -0.550. The van der Waals surface area contributed by atoms with Crippen molar-refractivity contribution < 1.29 is 4.79 Å². The zero-order valence-corrected chi connectivity index (χ0v) is 13.9. The zero-order valence-electron chi connectivity index (χ0n) is 9.99. The predicted molar refractivity (Wildman–Crippen MR) is 84.3 cm³/mol. The van der Waals surface area contributed by atoms with Crippen LogP contribution in [0.15, 0.2) is 34.1 Å². The van der Waals surface area contributed by atoms with Gasteiger partial charge in [-0.2, -0.15) is 0 Å². The van der Waals surface area contributed by atoms with Gasteiger partial charge in [-0.1, -0.05) is 23.2 Å². The van der Waals surface area contributed by atoms with Gasteiger partial charge in [0.25, 0.3) is 5.91 Å². The number of hydrogen-bond donors (Lipinski definition) is 0. The van der Waals surface area contributed by atoms with Crippen molar-refractivity contribution in [1.82, 2.24) is 4.90 Å². The number of hydrogen-bond acceptors (Lipinski definition) is 2. The molecule has 0 unspecified atom stereocenters. The van der Waals surface area contributed by atoms with Crippen molar-refractivity contribution >= 4 is 56.4 Å². The van der Waals surface area contributed by atoms with E-state index in [1.165, 1.54) is 11.3 Å². The van der Waals surface area contributed by atoms with Crippen LogP contribution in [0, 0.1) is 0 Å². The van der Waals surface area contributed by atoms with Gasteiger partial charge < -0.3 is 4.90 Å². The normalized spacial score (nSPS) is 10.5. The third-order valence-electron chi connectivity index (χ3n) is 2.50. The zero-order chi connectivity index (χ0) is 14.0. The van der Waals surface area contributed by atoms with Gasteiger partial charge in [0.1, 0.15) is 4.88 Å². The summed E-state index contributed by atoms with van der Waals surface area (Å²) in [5, 5.41) is 3.02. The number of carbonyl (C=O) groups is 1. The maximum absolute atomic E-state index is 12.2. The van der Waals surface area contributed by atoms with Crippen molar-refractivity contribution in [3.63, 3.8) is 0 Å². The standard InChI is InChI=1S/C13H10BrCl2NOS/c1-17(13(18)12-11(14)2-3-19-12)7-8-4-9(15)6-10(16)5-8/h2-6H,7H2,1H3. The predicted octanol–water partition coefficient (Wildman–Crippen LogP) is 5.09. The lowest BCUT2D eigenvalue weighted by Gasteiger charge is -2.17. The van der Waals surface area contributed by atoms with Gasteiger partial charge in [-0.25, -0.2) is 0 Å². The fraction of sp³-hybridized carbons (Fsp3) is 0.154. The van der Waals surface area contributed by atoms with Crippen molar-refractivity contribution in [2.75, 3.05) is 7.05 Å². The van der Waals surface area contributed by atoms with E-state index in [9.17, 15) is 4.79 Å². The van der Waals surface area contributed by atoms with Crippen molar-refractivity contribution in [2.45, 2.75) is 6.54 Å². The van der Waals surface area contributed by atoms with Gasteiger partial charge >= 0.3 is 0 Å². The molecule has 0 atom stereocenters. The number of amides is 1. The molecule has 1 heterocycles. The molecule has 0 fully saturated rings. The summed E-state index contributed by atoms with van der Waals surface area (Å²) in [6, 6.07) is 7.15. The molecule has 0 bridgehead atoms. The largest absolute Gasteiger partial charge is 0.337 e. The molecule has 1 aromatic heterocycles.